The molecular weight excluding hydrogens is 178 g/mol. The van der Waals surface area contributed by atoms with Gasteiger partial charge in [0.15, 0.2) is 5.82 Å². The Bertz CT molecular complexity index is 270. The third-order valence-electron chi connectivity index (χ3n) is 2.20. The summed E-state index contributed by atoms with van der Waals surface area (Å²) < 4.78 is 5.11. The van der Waals surface area contributed by atoms with Gasteiger partial charge in [0.25, 0.3) is 0 Å². The Hall–Kier alpha value is -0.900. The van der Waals surface area contributed by atoms with Crippen molar-refractivity contribution in [3.8, 4) is 0 Å². The van der Waals surface area contributed by atoms with E-state index in [4.69, 9.17) is 10.3 Å². The van der Waals surface area contributed by atoms with Crippen LogP contribution in [0.5, 0.6) is 0 Å². The van der Waals surface area contributed by atoms with Crippen molar-refractivity contribution in [1.29, 1.82) is 0 Å². The van der Waals surface area contributed by atoms with Crippen LogP contribution in [0.1, 0.15) is 44.8 Å². The molecule has 0 aromatic carbocycles. The van der Waals surface area contributed by atoms with Gasteiger partial charge in [0.2, 0.25) is 5.89 Å². The summed E-state index contributed by atoms with van der Waals surface area (Å²) in [5.41, 5.74) is 5.51. The third kappa shape index (κ3) is 3.10. The molecule has 0 aliphatic rings. The van der Waals surface area contributed by atoms with Crippen LogP contribution in [0.25, 0.3) is 0 Å². The first-order valence-electron chi connectivity index (χ1n) is 5.16. The molecule has 0 aliphatic carbocycles. The molecule has 0 saturated heterocycles. The average molecular weight is 197 g/mol. The quantitative estimate of drug-likeness (QED) is 0.780. The zero-order valence-electron chi connectivity index (χ0n) is 9.16. The number of nitrogens with zero attached hydrogens (tertiary/aromatic N) is 2. The Balaban J connectivity index is 2.50. The normalized spacial score (nSPS) is 13.5. The first kappa shape index (κ1) is 11.2. The van der Waals surface area contributed by atoms with Gasteiger partial charge in [0.05, 0.1) is 0 Å². The fraction of sp³-hybridized carbons (Fsp3) is 0.800. The summed E-state index contributed by atoms with van der Waals surface area (Å²) in [7, 11) is 0. The van der Waals surface area contributed by atoms with E-state index >= 15 is 0 Å². The van der Waals surface area contributed by atoms with E-state index in [1.807, 2.05) is 6.92 Å². The van der Waals surface area contributed by atoms with Crippen molar-refractivity contribution in [2.24, 2.45) is 11.7 Å². The summed E-state index contributed by atoms with van der Waals surface area (Å²) in [6.07, 6.45) is 1.98. The lowest BCUT2D eigenvalue weighted by atomic mass is 10.1. The summed E-state index contributed by atoms with van der Waals surface area (Å²) >= 11 is 0. The van der Waals surface area contributed by atoms with E-state index in [0.29, 0.717) is 18.4 Å². The van der Waals surface area contributed by atoms with Gasteiger partial charge in [-0.25, -0.2) is 0 Å². The first-order valence-corrected chi connectivity index (χ1v) is 5.16. The highest BCUT2D eigenvalue weighted by molar-refractivity contribution is 4.92. The van der Waals surface area contributed by atoms with Crippen LogP contribution in [0.2, 0.25) is 0 Å². The van der Waals surface area contributed by atoms with E-state index in [9.17, 15) is 0 Å². The van der Waals surface area contributed by atoms with Crippen LogP contribution in [0.15, 0.2) is 4.52 Å². The van der Waals surface area contributed by atoms with Gasteiger partial charge in [-0.2, -0.15) is 4.98 Å². The lowest BCUT2D eigenvalue weighted by molar-refractivity contribution is 0.355. The zero-order valence-corrected chi connectivity index (χ0v) is 9.16. The molecule has 1 heterocycles. The van der Waals surface area contributed by atoms with Crippen LogP contribution in [0.3, 0.4) is 0 Å². The molecule has 0 saturated carbocycles. The Morgan fingerprint density at radius 1 is 1.36 bits per heavy atom. The molecule has 80 valence electrons. The largest absolute Gasteiger partial charge is 0.339 e. The minimum absolute atomic E-state index is 0.162. The summed E-state index contributed by atoms with van der Waals surface area (Å²) in [5, 5.41) is 3.92. The van der Waals surface area contributed by atoms with Gasteiger partial charge in [-0.3, -0.25) is 0 Å². The average Bonchev–Trinajstić information content (AvgIpc) is 2.62. The molecule has 1 aromatic rings. The Labute approximate surface area is 84.9 Å². The van der Waals surface area contributed by atoms with Crippen molar-refractivity contribution in [3.05, 3.63) is 11.7 Å². The summed E-state index contributed by atoms with van der Waals surface area (Å²) in [4.78, 5) is 4.30. The molecule has 0 amide bonds. The second-order valence-corrected chi connectivity index (χ2v) is 4.12. The van der Waals surface area contributed by atoms with Crippen LogP contribution >= 0.6 is 0 Å². The van der Waals surface area contributed by atoms with Gasteiger partial charge in [-0.15, -0.1) is 0 Å². The number of rotatable bonds is 5. The molecule has 0 aliphatic heterocycles. The fourth-order valence-electron chi connectivity index (χ4n) is 1.09. The number of hydrogen-bond acceptors (Lipinski definition) is 4. The smallest absolute Gasteiger partial charge is 0.230 e. The van der Waals surface area contributed by atoms with Gasteiger partial charge in [-0.1, -0.05) is 25.9 Å². The van der Waals surface area contributed by atoms with Crippen molar-refractivity contribution in [2.75, 3.05) is 6.54 Å². The lowest BCUT2D eigenvalue weighted by Gasteiger charge is -2.00. The van der Waals surface area contributed by atoms with Crippen LogP contribution < -0.4 is 5.73 Å². The van der Waals surface area contributed by atoms with Gasteiger partial charge < -0.3 is 10.3 Å². The highest BCUT2D eigenvalue weighted by atomic mass is 16.5. The first-order chi connectivity index (χ1) is 6.63. The third-order valence-corrected chi connectivity index (χ3v) is 2.20. The summed E-state index contributed by atoms with van der Waals surface area (Å²) in [6, 6.07) is 0. The van der Waals surface area contributed by atoms with E-state index in [-0.39, 0.29) is 5.92 Å². The number of nitrogens with two attached hydrogens (primary N) is 1. The standard InChI is InChI=1S/C10H19N3O/c1-7(2)4-5-9-12-10(14-13-9)8(3)6-11/h7-8H,4-6,11H2,1-3H3. The van der Waals surface area contributed by atoms with Crippen molar-refractivity contribution >= 4 is 0 Å². The maximum absolute atomic E-state index is 5.51. The Kier molecular flexibility index (Phi) is 4.07. The molecule has 14 heavy (non-hydrogen) atoms. The zero-order chi connectivity index (χ0) is 10.6. The molecule has 0 fully saturated rings. The molecule has 1 atom stereocenters. The second-order valence-electron chi connectivity index (χ2n) is 4.12. The Morgan fingerprint density at radius 2 is 2.07 bits per heavy atom. The molecule has 0 radical (unpaired) electrons. The van der Waals surface area contributed by atoms with E-state index in [0.717, 1.165) is 18.7 Å². The maximum Gasteiger partial charge on any atom is 0.230 e. The lowest BCUT2D eigenvalue weighted by Crippen LogP contribution is -2.09. The molecule has 0 bridgehead atoms. The van der Waals surface area contributed by atoms with Crippen molar-refractivity contribution in [3.63, 3.8) is 0 Å². The minimum atomic E-state index is 0.162. The highest BCUT2D eigenvalue weighted by Gasteiger charge is 2.12. The van der Waals surface area contributed by atoms with E-state index < -0.39 is 0 Å². The SMILES string of the molecule is CC(C)CCc1noc(C(C)CN)n1. The summed E-state index contributed by atoms with van der Waals surface area (Å²) in [5.74, 6) is 2.29. The molecular formula is C10H19N3O. The van der Waals surface area contributed by atoms with E-state index in [1.54, 1.807) is 0 Å². The van der Waals surface area contributed by atoms with E-state index in [1.165, 1.54) is 0 Å². The topological polar surface area (TPSA) is 64.9 Å². The fourth-order valence-corrected chi connectivity index (χ4v) is 1.09. The van der Waals surface area contributed by atoms with Gasteiger partial charge in [-0.05, 0) is 12.3 Å². The number of aromatic nitrogens is 2. The van der Waals surface area contributed by atoms with Crippen LogP contribution in [-0.4, -0.2) is 16.7 Å². The monoisotopic (exact) mass is 197 g/mol. The van der Waals surface area contributed by atoms with Crippen LogP contribution in [-0.2, 0) is 6.42 Å². The van der Waals surface area contributed by atoms with Crippen molar-refractivity contribution in [2.45, 2.75) is 39.5 Å². The van der Waals surface area contributed by atoms with Gasteiger partial charge >= 0.3 is 0 Å². The Morgan fingerprint density at radius 3 is 2.64 bits per heavy atom. The van der Waals surface area contributed by atoms with Gasteiger partial charge in [0, 0.05) is 18.9 Å². The molecule has 1 aromatic heterocycles. The molecule has 0 spiro atoms. The number of hydrogen-bond donors (Lipinski definition) is 1. The highest BCUT2D eigenvalue weighted by Crippen LogP contribution is 2.12. The van der Waals surface area contributed by atoms with Crippen LogP contribution in [0, 0.1) is 5.92 Å². The second kappa shape index (κ2) is 5.10. The predicted octanol–water partition coefficient (Wildman–Crippen LogP) is 1.72. The van der Waals surface area contributed by atoms with Crippen molar-refractivity contribution < 1.29 is 4.52 Å². The molecule has 4 heteroatoms. The van der Waals surface area contributed by atoms with E-state index in [2.05, 4.69) is 24.0 Å². The van der Waals surface area contributed by atoms with Crippen LogP contribution in [0.4, 0.5) is 0 Å². The maximum atomic E-state index is 5.51. The molecule has 1 rings (SSSR count). The number of aryl methyl sites for hydroxylation is 1. The molecule has 4 nitrogen and oxygen atoms in total. The minimum Gasteiger partial charge on any atom is -0.339 e. The molecule has 2 N–H and O–H groups in total. The van der Waals surface area contributed by atoms with Gasteiger partial charge in [0.1, 0.15) is 0 Å². The summed E-state index contributed by atoms with van der Waals surface area (Å²) in [6.45, 7) is 6.90. The molecule has 1 unspecified atom stereocenters. The van der Waals surface area contributed by atoms with Crippen molar-refractivity contribution in [1.82, 2.24) is 10.1 Å². The predicted molar refractivity (Wildman–Crippen MR) is 54.9 cm³/mol.